The van der Waals surface area contributed by atoms with Crippen LogP contribution in [0.5, 0.6) is 0 Å². The third-order valence-electron chi connectivity index (χ3n) is 3.25. The first kappa shape index (κ1) is 11.7. The Morgan fingerprint density at radius 3 is 2.58 bits per heavy atom. The molecule has 0 aliphatic carbocycles. The molecule has 2 aromatic carbocycles. The van der Waals surface area contributed by atoms with E-state index in [-0.39, 0.29) is 6.04 Å². The van der Waals surface area contributed by atoms with Crippen LogP contribution in [0, 0.1) is 0 Å². The maximum absolute atomic E-state index is 5.72. The molecule has 0 aliphatic rings. The number of anilines is 1. The predicted octanol–water partition coefficient (Wildman–Crippen LogP) is 2.72. The quantitative estimate of drug-likeness (QED) is 0.704. The number of nitrogen functional groups attached to an aromatic ring is 1. The van der Waals surface area contributed by atoms with Gasteiger partial charge in [0.15, 0.2) is 12.0 Å². The summed E-state index contributed by atoms with van der Waals surface area (Å²) in [6, 6.07) is 14.0. The molecule has 1 heterocycles. The molecule has 1 aromatic heterocycles. The molecule has 3 N–H and O–H groups in total. The Labute approximate surface area is 111 Å². The van der Waals surface area contributed by atoms with Crippen LogP contribution in [0.3, 0.4) is 0 Å². The fourth-order valence-electron chi connectivity index (χ4n) is 2.27. The van der Waals surface area contributed by atoms with E-state index in [0.717, 1.165) is 27.9 Å². The summed E-state index contributed by atoms with van der Waals surface area (Å²) in [6.45, 7) is 0. The Morgan fingerprint density at radius 2 is 1.84 bits per heavy atom. The van der Waals surface area contributed by atoms with Crippen molar-refractivity contribution in [1.29, 1.82) is 0 Å². The van der Waals surface area contributed by atoms with Gasteiger partial charge in [0.2, 0.25) is 0 Å². The number of hydrogen-bond donors (Lipinski definition) is 2. The maximum Gasteiger partial charge on any atom is 0.181 e. The molecule has 0 saturated heterocycles. The van der Waals surface area contributed by atoms with Gasteiger partial charge in [0.25, 0.3) is 0 Å². The third-order valence-corrected chi connectivity index (χ3v) is 3.25. The first-order valence-corrected chi connectivity index (χ1v) is 6.14. The van der Waals surface area contributed by atoms with Crippen LogP contribution in [0.4, 0.5) is 5.69 Å². The van der Waals surface area contributed by atoms with Crippen molar-refractivity contribution in [3.63, 3.8) is 0 Å². The molecular formula is C15H15N3O. The summed E-state index contributed by atoms with van der Waals surface area (Å²) < 4.78 is 5.35. The topological polar surface area (TPSA) is 64.1 Å². The zero-order chi connectivity index (χ0) is 13.2. The van der Waals surface area contributed by atoms with Gasteiger partial charge in [-0.05, 0) is 42.4 Å². The van der Waals surface area contributed by atoms with E-state index in [4.69, 9.17) is 10.2 Å². The minimum atomic E-state index is 0.107. The Bertz CT molecular complexity index is 688. The Morgan fingerprint density at radius 1 is 1.11 bits per heavy atom. The number of nitrogens with zero attached hydrogens (tertiary/aromatic N) is 1. The summed E-state index contributed by atoms with van der Waals surface area (Å²) in [5.41, 5.74) is 10.5. The third kappa shape index (κ3) is 2.18. The standard InChI is InChI=1S/C15H15N3O/c1-17-15(10-2-5-12(16)6-3-10)11-4-7-13-14(8-11)19-9-18-13/h2-9,15,17H,16H2,1H3. The number of aromatic nitrogens is 1. The highest BCUT2D eigenvalue weighted by Crippen LogP contribution is 2.25. The normalized spacial score (nSPS) is 12.7. The number of fused-ring (bicyclic) bond motifs is 1. The molecular weight excluding hydrogens is 238 g/mol. The highest BCUT2D eigenvalue weighted by atomic mass is 16.3. The number of rotatable bonds is 3. The van der Waals surface area contributed by atoms with Crippen molar-refractivity contribution in [1.82, 2.24) is 10.3 Å². The fourth-order valence-corrected chi connectivity index (χ4v) is 2.27. The van der Waals surface area contributed by atoms with E-state index in [0.29, 0.717) is 0 Å². The van der Waals surface area contributed by atoms with Crippen molar-refractivity contribution in [2.45, 2.75) is 6.04 Å². The molecule has 0 fully saturated rings. The highest BCUT2D eigenvalue weighted by Gasteiger charge is 2.13. The van der Waals surface area contributed by atoms with Crippen LogP contribution < -0.4 is 11.1 Å². The van der Waals surface area contributed by atoms with E-state index in [1.54, 1.807) is 0 Å². The molecule has 0 radical (unpaired) electrons. The molecule has 1 atom stereocenters. The van der Waals surface area contributed by atoms with E-state index in [1.807, 2.05) is 43.4 Å². The lowest BCUT2D eigenvalue weighted by Gasteiger charge is -2.17. The van der Waals surface area contributed by atoms with E-state index < -0.39 is 0 Å². The number of nitrogens with two attached hydrogens (primary N) is 1. The van der Waals surface area contributed by atoms with Gasteiger partial charge in [-0.3, -0.25) is 0 Å². The van der Waals surface area contributed by atoms with Crippen molar-refractivity contribution >= 4 is 16.8 Å². The average molecular weight is 253 g/mol. The average Bonchev–Trinajstić information content (AvgIpc) is 2.89. The van der Waals surface area contributed by atoms with Crippen LogP contribution in [-0.2, 0) is 0 Å². The number of benzene rings is 2. The summed E-state index contributed by atoms with van der Waals surface area (Å²) >= 11 is 0. The zero-order valence-corrected chi connectivity index (χ0v) is 10.6. The molecule has 4 heteroatoms. The van der Waals surface area contributed by atoms with Gasteiger partial charge in [0.05, 0.1) is 6.04 Å². The second kappa shape index (κ2) is 4.74. The summed E-state index contributed by atoms with van der Waals surface area (Å²) in [4.78, 5) is 4.13. The van der Waals surface area contributed by atoms with Crippen LogP contribution >= 0.6 is 0 Å². The summed E-state index contributed by atoms with van der Waals surface area (Å²) in [6.07, 6.45) is 1.46. The zero-order valence-electron chi connectivity index (χ0n) is 10.6. The maximum atomic E-state index is 5.72. The SMILES string of the molecule is CNC(c1ccc(N)cc1)c1ccc2ncoc2c1. The molecule has 3 aromatic rings. The monoisotopic (exact) mass is 253 g/mol. The second-order valence-corrected chi connectivity index (χ2v) is 4.47. The number of nitrogens with one attached hydrogen (secondary N) is 1. The Balaban J connectivity index is 2.03. The van der Waals surface area contributed by atoms with Crippen molar-refractivity contribution in [3.8, 4) is 0 Å². The fraction of sp³-hybridized carbons (Fsp3) is 0.133. The molecule has 3 rings (SSSR count). The molecule has 0 saturated carbocycles. The Hall–Kier alpha value is -2.33. The van der Waals surface area contributed by atoms with Crippen LogP contribution in [0.1, 0.15) is 17.2 Å². The highest BCUT2D eigenvalue weighted by molar-refractivity contribution is 5.73. The molecule has 0 bridgehead atoms. The van der Waals surface area contributed by atoms with Gasteiger partial charge >= 0.3 is 0 Å². The second-order valence-electron chi connectivity index (χ2n) is 4.47. The van der Waals surface area contributed by atoms with Crippen LogP contribution in [0.25, 0.3) is 11.1 Å². The molecule has 96 valence electrons. The summed E-state index contributed by atoms with van der Waals surface area (Å²) in [7, 11) is 1.94. The molecule has 0 aliphatic heterocycles. The van der Waals surface area contributed by atoms with Crippen molar-refractivity contribution < 1.29 is 4.42 Å². The first-order chi connectivity index (χ1) is 9.28. The van der Waals surface area contributed by atoms with Gasteiger partial charge in [-0.2, -0.15) is 0 Å². The van der Waals surface area contributed by atoms with E-state index >= 15 is 0 Å². The van der Waals surface area contributed by atoms with Gasteiger partial charge in [-0.15, -0.1) is 0 Å². The first-order valence-electron chi connectivity index (χ1n) is 6.14. The molecule has 0 amide bonds. The molecule has 4 nitrogen and oxygen atoms in total. The van der Waals surface area contributed by atoms with E-state index in [9.17, 15) is 0 Å². The Kier molecular flexibility index (Phi) is 2.93. The van der Waals surface area contributed by atoms with Gasteiger partial charge in [-0.25, -0.2) is 4.98 Å². The minimum Gasteiger partial charge on any atom is -0.443 e. The number of hydrogen-bond acceptors (Lipinski definition) is 4. The largest absolute Gasteiger partial charge is 0.443 e. The predicted molar refractivity (Wildman–Crippen MR) is 75.8 cm³/mol. The van der Waals surface area contributed by atoms with Crippen LogP contribution in [0.2, 0.25) is 0 Å². The van der Waals surface area contributed by atoms with Crippen molar-refractivity contribution in [2.24, 2.45) is 0 Å². The van der Waals surface area contributed by atoms with E-state index in [2.05, 4.69) is 16.4 Å². The van der Waals surface area contributed by atoms with Gasteiger partial charge in [0, 0.05) is 5.69 Å². The van der Waals surface area contributed by atoms with Gasteiger partial charge in [0.1, 0.15) is 5.52 Å². The van der Waals surface area contributed by atoms with Crippen molar-refractivity contribution in [3.05, 3.63) is 60.0 Å². The number of oxazole rings is 1. The summed E-state index contributed by atoms with van der Waals surface area (Å²) in [5, 5.41) is 3.31. The van der Waals surface area contributed by atoms with Crippen molar-refractivity contribution in [2.75, 3.05) is 12.8 Å². The van der Waals surface area contributed by atoms with Crippen LogP contribution in [-0.4, -0.2) is 12.0 Å². The lowest BCUT2D eigenvalue weighted by molar-refractivity contribution is 0.600. The molecule has 1 unspecified atom stereocenters. The smallest absolute Gasteiger partial charge is 0.181 e. The van der Waals surface area contributed by atoms with Crippen LogP contribution in [0.15, 0.2) is 53.3 Å². The van der Waals surface area contributed by atoms with Gasteiger partial charge in [-0.1, -0.05) is 18.2 Å². The molecule has 0 spiro atoms. The van der Waals surface area contributed by atoms with Gasteiger partial charge < -0.3 is 15.5 Å². The molecule has 19 heavy (non-hydrogen) atoms. The lowest BCUT2D eigenvalue weighted by atomic mass is 9.98. The minimum absolute atomic E-state index is 0.107. The van der Waals surface area contributed by atoms with E-state index in [1.165, 1.54) is 6.39 Å². The lowest BCUT2D eigenvalue weighted by Crippen LogP contribution is -2.17. The summed E-state index contributed by atoms with van der Waals surface area (Å²) in [5.74, 6) is 0.